The summed E-state index contributed by atoms with van der Waals surface area (Å²) < 4.78 is 14.6. The van der Waals surface area contributed by atoms with Gasteiger partial charge in [-0.25, -0.2) is 14.7 Å². The van der Waals surface area contributed by atoms with Crippen LogP contribution in [0.1, 0.15) is 22.3 Å². The summed E-state index contributed by atoms with van der Waals surface area (Å²) in [4.78, 5) is 5.18. The molecule has 0 fully saturated rings. The second-order valence-corrected chi connectivity index (χ2v) is 12.0. The lowest BCUT2D eigenvalue weighted by Crippen LogP contribution is -2.55. The Labute approximate surface area is 292 Å². The number of aromatic nitrogens is 2. The summed E-state index contributed by atoms with van der Waals surface area (Å²) in [5, 5.41) is 6.46. The van der Waals surface area contributed by atoms with Crippen molar-refractivity contribution >= 4 is 11.4 Å². The highest BCUT2D eigenvalue weighted by Crippen LogP contribution is 2.52. The summed E-state index contributed by atoms with van der Waals surface area (Å²) >= 11 is 0. The van der Waals surface area contributed by atoms with Gasteiger partial charge in [0, 0.05) is 27.8 Å². The molecule has 0 saturated carbocycles. The molecule has 244 valence electrons. The minimum atomic E-state index is -1.10. The molecule has 6 aromatic carbocycles. The summed E-state index contributed by atoms with van der Waals surface area (Å²) in [6, 6.07) is 58.2. The lowest BCUT2D eigenvalue weighted by atomic mass is 9.88. The Hall–Kier alpha value is -6.53. The molecule has 6 heteroatoms. The molecule has 1 N–H and O–H groups in total. The highest BCUT2D eigenvalue weighted by atomic mass is 16.5. The number of hydrogen-bond acceptors (Lipinski definition) is 5. The standard InChI is InChI=1S/C44H36N4O2/c1-49-38-29-17-15-27-36(38)44(37-28-16-18-30-39(37)50-2)46-41(33-21-9-4-10-22-33)43(35-25-13-6-14-26-35)48(44)47-31-45-40(32-19-7-3-8-20-32)42(47)34-23-11-5-12-24-34/h3-31,46H,1-2H3. The lowest BCUT2D eigenvalue weighted by Gasteiger charge is -2.43. The summed E-state index contributed by atoms with van der Waals surface area (Å²) in [5.74, 6) is 1.45. The van der Waals surface area contributed by atoms with Gasteiger partial charge in [0.15, 0.2) is 5.66 Å². The second-order valence-electron chi connectivity index (χ2n) is 12.0. The monoisotopic (exact) mass is 652 g/mol. The summed E-state index contributed by atoms with van der Waals surface area (Å²) in [6.07, 6.45) is 1.93. The van der Waals surface area contributed by atoms with Gasteiger partial charge in [0.05, 0.1) is 37.0 Å². The molecule has 0 aliphatic carbocycles. The fourth-order valence-corrected chi connectivity index (χ4v) is 7.07. The van der Waals surface area contributed by atoms with Gasteiger partial charge in [-0.1, -0.05) is 158 Å². The van der Waals surface area contributed by atoms with Crippen molar-refractivity contribution in [2.75, 3.05) is 19.2 Å². The first-order chi connectivity index (χ1) is 24.7. The number of rotatable bonds is 9. The van der Waals surface area contributed by atoms with Crippen molar-refractivity contribution in [3.8, 4) is 34.0 Å². The van der Waals surface area contributed by atoms with Crippen LogP contribution in [0.5, 0.6) is 11.5 Å². The van der Waals surface area contributed by atoms with Gasteiger partial charge in [-0.15, -0.1) is 0 Å². The van der Waals surface area contributed by atoms with Gasteiger partial charge in [-0.05, 0) is 17.7 Å². The van der Waals surface area contributed by atoms with Crippen molar-refractivity contribution in [1.82, 2.24) is 15.0 Å². The van der Waals surface area contributed by atoms with Crippen molar-refractivity contribution in [1.29, 1.82) is 0 Å². The van der Waals surface area contributed by atoms with Crippen LogP contribution < -0.4 is 19.8 Å². The molecule has 0 unspecified atom stereocenters. The van der Waals surface area contributed by atoms with Crippen molar-refractivity contribution in [2.24, 2.45) is 0 Å². The van der Waals surface area contributed by atoms with Crippen LogP contribution in [0.4, 0.5) is 0 Å². The van der Waals surface area contributed by atoms with Gasteiger partial charge in [-0.2, -0.15) is 0 Å². The zero-order valence-corrected chi connectivity index (χ0v) is 27.9. The Morgan fingerprint density at radius 2 is 0.940 bits per heavy atom. The maximum atomic E-state index is 6.18. The van der Waals surface area contributed by atoms with Crippen LogP contribution in [0, 0.1) is 0 Å². The minimum absolute atomic E-state index is 0.724. The number of benzene rings is 6. The van der Waals surface area contributed by atoms with E-state index in [2.05, 4.69) is 136 Å². The predicted molar refractivity (Wildman–Crippen MR) is 201 cm³/mol. The molecule has 50 heavy (non-hydrogen) atoms. The Bertz CT molecular complexity index is 2220. The zero-order chi connectivity index (χ0) is 33.9. The Kier molecular flexibility index (Phi) is 8.11. The third kappa shape index (κ3) is 5.09. The molecule has 0 bridgehead atoms. The number of para-hydroxylation sites is 2. The molecule has 0 saturated heterocycles. The van der Waals surface area contributed by atoms with Crippen molar-refractivity contribution in [3.05, 3.63) is 198 Å². The maximum Gasteiger partial charge on any atom is 0.190 e. The first-order valence-electron chi connectivity index (χ1n) is 16.6. The molecule has 6 nitrogen and oxygen atoms in total. The van der Waals surface area contributed by atoms with E-state index in [1.54, 1.807) is 14.2 Å². The van der Waals surface area contributed by atoms with E-state index in [0.717, 1.165) is 67.7 Å². The highest BCUT2D eigenvalue weighted by Gasteiger charge is 2.53. The second kappa shape index (κ2) is 13.2. The van der Waals surface area contributed by atoms with Crippen molar-refractivity contribution < 1.29 is 9.47 Å². The van der Waals surface area contributed by atoms with Crippen LogP contribution in [0.25, 0.3) is 33.9 Å². The first kappa shape index (κ1) is 30.8. The van der Waals surface area contributed by atoms with Crippen LogP contribution in [0.3, 0.4) is 0 Å². The van der Waals surface area contributed by atoms with Gasteiger partial charge in [0.2, 0.25) is 0 Å². The minimum Gasteiger partial charge on any atom is -0.496 e. The van der Waals surface area contributed by atoms with E-state index in [9.17, 15) is 0 Å². The van der Waals surface area contributed by atoms with E-state index in [0.29, 0.717) is 0 Å². The molecular weight excluding hydrogens is 617 g/mol. The first-order valence-corrected chi connectivity index (χ1v) is 16.6. The molecule has 7 aromatic rings. The van der Waals surface area contributed by atoms with E-state index in [4.69, 9.17) is 14.5 Å². The molecule has 0 amide bonds. The molecule has 1 aromatic heterocycles. The molecule has 8 rings (SSSR count). The van der Waals surface area contributed by atoms with Crippen molar-refractivity contribution in [2.45, 2.75) is 5.66 Å². The summed E-state index contributed by atoms with van der Waals surface area (Å²) in [6.45, 7) is 0. The van der Waals surface area contributed by atoms with Crippen LogP contribution in [-0.4, -0.2) is 23.9 Å². The summed E-state index contributed by atoms with van der Waals surface area (Å²) in [5.41, 5.74) is 8.53. The van der Waals surface area contributed by atoms with Gasteiger partial charge in [0.1, 0.15) is 17.8 Å². The third-order valence-electron chi connectivity index (χ3n) is 9.23. The SMILES string of the molecule is COc1ccccc1C1(c2ccccc2OC)NC(c2ccccc2)=C(c2ccccc2)N1n1cnc(-c2ccccc2)c1-c1ccccc1. The van der Waals surface area contributed by atoms with E-state index in [1.165, 1.54) is 0 Å². The summed E-state index contributed by atoms with van der Waals surface area (Å²) in [7, 11) is 3.44. The fourth-order valence-electron chi connectivity index (χ4n) is 7.07. The van der Waals surface area contributed by atoms with Crippen LogP contribution in [-0.2, 0) is 5.66 Å². The van der Waals surface area contributed by atoms with Crippen molar-refractivity contribution in [3.63, 3.8) is 0 Å². The fraction of sp³-hybridized carbons (Fsp3) is 0.0682. The smallest absolute Gasteiger partial charge is 0.190 e. The third-order valence-corrected chi connectivity index (χ3v) is 9.23. The molecule has 1 aliphatic rings. The number of hydrogen-bond donors (Lipinski definition) is 1. The van der Waals surface area contributed by atoms with E-state index >= 15 is 0 Å². The van der Waals surface area contributed by atoms with Crippen LogP contribution in [0.15, 0.2) is 176 Å². The van der Waals surface area contributed by atoms with Crippen LogP contribution >= 0.6 is 0 Å². The van der Waals surface area contributed by atoms with E-state index in [-0.39, 0.29) is 0 Å². The number of methoxy groups -OCH3 is 2. The van der Waals surface area contributed by atoms with E-state index in [1.807, 2.05) is 54.9 Å². The molecule has 0 spiro atoms. The van der Waals surface area contributed by atoms with Crippen LogP contribution in [0.2, 0.25) is 0 Å². The average Bonchev–Trinajstić information content (AvgIpc) is 3.80. The molecule has 0 radical (unpaired) electrons. The topological polar surface area (TPSA) is 51.6 Å². The highest BCUT2D eigenvalue weighted by molar-refractivity contribution is 5.99. The Balaban J connectivity index is 1.57. The average molecular weight is 653 g/mol. The predicted octanol–water partition coefficient (Wildman–Crippen LogP) is 9.20. The number of nitrogens with one attached hydrogen (secondary N) is 1. The molecular formula is C44H36N4O2. The largest absolute Gasteiger partial charge is 0.496 e. The van der Waals surface area contributed by atoms with Gasteiger partial charge < -0.3 is 14.8 Å². The normalized spacial score (nSPS) is 13.6. The van der Waals surface area contributed by atoms with Gasteiger partial charge in [0.25, 0.3) is 0 Å². The number of nitrogens with zero attached hydrogens (tertiary/aromatic N) is 3. The maximum absolute atomic E-state index is 6.18. The lowest BCUT2D eigenvalue weighted by molar-refractivity contribution is 0.351. The number of imidazole rings is 1. The zero-order valence-electron chi connectivity index (χ0n) is 27.9. The Morgan fingerprint density at radius 1 is 0.500 bits per heavy atom. The van der Waals surface area contributed by atoms with Gasteiger partial charge in [-0.3, -0.25) is 0 Å². The molecule has 2 heterocycles. The quantitative estimate of drug-likeness (QED) is 0.169. The molecule has 0 atom stereocenters. The molecule has 1 aliphatic heterocycles. The number of ether oxygens (including phenoxy) is 2. The van der Waals surface area contributed by atoms with E-state index < -0.39 is 5.66 Å². The Morgan fingerprint density at radius 3 is 1.46 bits per heavy atom. The van der Waals surface area contributed by atoms with Gasteiger partial charge >= 0.3 is 0 Å².